The summed E-state index contributed by atoms with van der Waals surface area (Å²) in [5.74, 6) is 0. The second kappa shape index (κ2) is 5.52. The van der Waals surface area contributed by atoms with Gasteiger partial charge in [0.15, 0.2) is 0 Å². The summed E-state index contributed by atoms with van der Waals surface area (Å²) in [5.41, 5.74) is 2.35. The first-order valence-corrected chi connectivity index (χ1v) is 7.30. The van der Waals surface area contributed by atoms with E-state index in [2.05, 4.69) is 20.9 Å². The Bertz CT molecular complexity index is 770. The van der Waals surface area contributed by atoms with Crippen molar-refractivity contribution in [1.29, 1.82) is 0 Å². The van der Waals surface area contributed by atoms with Crippen molar-refractivity contribution in [2.45, 2.75) is 6.10 Å². The molecule has 2 nitrogen and oxygen atoms in total. The second-order valence-electron chi connectivity index (χ2n) is 4.49. The van der Waals surface area contributed by atoms with Gasteiger partial charge in [0.25, 0.3) is 0 Å². The number of hydrogen-bond acceptors (Lipinski definition) is 2. The lowest BCUT2D eigenvalue weighted by atomic mass is 9.97. The second-order valence-corrected chi connectivity index (χ2v) is 5.81. The van der Waals surface area contributed by atoms with Crippen LogP contribution in [0.25, 0.3) is 10.9 Å². The van der Waals surface area contributed by atoms with Crippen molar-refractivity contribution >= 4 is 38.4 Å². The number of nitrogens with zero attached hydrogens (tertiary/aromatic N) is 1. The average Bonchev–Trinajstić information content (AvgIpc) is 2.46. The minimum Gasteiger partial charge on any atom is -0.384 e. The van der Waals surface area contributed by atoms with Gasteiger partial charge in [0, 0.05) is 26.6 Å². The van der Waals surface area contributed by atoms with Crippen molar-refractivity contribution in [3.05, 3.63) is 75.4 Å². The van der Waals surface area contributed by atoms with Gasteiger partial charge < -0.3 is 5.11 Å². The Morgan fingerprint density at radius 2 is 1.90 bits per heavy atom. The topological polar surface area (TPSA) is 33.1 Å². The molecular weight excluding hydrogens is 338 g/mol. The fraction of sp³-hybridized carbons (Fsp3) is 0.0625. The van der Waals surface area contributed by atoms with Gasteiger partial charge in [-0.15, -0.1) is 0 Å². The SMILES string of the molecule is OC(c1ccc(Br)cc1Cl)c1cccc2ncccc12. The number of aliphatic hydroxyl groups is 1. The fourth-order valence-electron chi connectivity index (χ4n) is 2.26. The molecule has 100 valence electrons. The Kier molecular flexibility index (Phi) is 3.74. The van der Waals surface area contributed by atoms with Crippen LogP contribution in [0.1, 0.15) is 17.2 Å². The van der Waals surface area contributed by atoms with Crippen LogP contribution in [0, 0.1) is 0 Å². The minimum atomic E-state index is -0.775. The predicted octanol–water partition coefficient (Wildman–Crippen LogP) is 4.73. The van der Waals surface area contributed by atoms with Gasteiger partial charge in [0.1, 0.15) is 6.10 Å². The zero-order valence-corrected chi connectivity index (χ0v) is 12.8. The first kappa shape index (κ1) is 13.6. The van der Waals surface area contributed by atoms with Crippen molar-refractivity contribution in [2.75, 3.05) is 0 Å². The molecule has 2 aromatic carbocycles. The van der Waals surface area contributed by atoms with Gasteiger partial charge in [-0.05, 0) is 29.8 Å². The highest BCUT2D eigenvalue weighted by atomic mass is 79.9. The standard InChI is InChI=1S/C16H11BrClNO/c17-10-6-7-13(14(18)9-10)16(20)12-3-1-5-15-11(12)4-2-8-19-15/h1-9,16,20H. The molecular formula is C16H11BrClNO. The summed E-state index contributed by atoms with van der Waals surface area (Å²) in [6, 6.07) is 15.0. The molecule has 1 aromatic heterocycles. The third-order valence-corrected chi connectivity index (χ3v) is 4.05. The number of hydrogen-bond donors (Lipinski definition) is 1. The van der Waals surface area contributed by atoms with Gasteiger partial charge in [0.2, 0.25) is 0 Å². The summed E-state index contributed by atoms with van der Waals surface area (Å²) in [4.78, 5) is 4.30. The summed E-state index contributed by atoms with van der Waals surface area (Å²) in [7, 11) is 0. The highest BCUT2D eigenvalue weighted by Crippen LogP contribution is 2.33. The Balaban J connectivity index is 2.15. The van der Waals surface area contributed by atoms with E-state index >= 15 is 0 Å². The van der Waals surface area contributed by atoms with E-state index < -0.39 is 6.10 Å². The van der Waals surface area contributed by atoms with E-state index in [1.165, 1.54) is 0 Å². The van der Waals surface area contributed by atoms with Crippen LogP contribution < -0.4 is 0 Å². The third kappa shape index (κ3) is 2.44. The predicted molar refractivity (Wildman–Crippen MR) is 85.0 cm³/mol. The van der Waals surface area contributed by atoms with Crippen molar-refractivity contribution in [3.8, 4) is 0 Å². The maximum Gasteiger partial charge on any atom is 0.106 e. The van der Waals surface area contributed by atoms with Crippen LogP contribution in [0.15, 0.2) is 59.2 Å². The molecule has 1 unspecified atom stereocenters. The molecule has 0 bridgehead atoms. The van der Waals surface area contributed by atoms with Gasteiger partial charge in [0.05, 0.1) is 5.52 Å². The van der Waals surface area contributed by atoms with Crippen LogP contribution in [0.4, 0.5) is 0 Å². The van der Waals surface area contributed by atoms with E-state index in [1.807, 2.05) is 42.5 Å². The first-order chi connectivity index (χ1) is 9.66. The molecule has 1 heterocycles. The van der Waals surface area contributed by atoms with Crippen LogP contribution in [-0.4, -0.2) is 10.1 Å². The fourth-order valence-corrected chi connectivity index (χ4v) is 3.03. The van der Waals surface area contributed by atoms with Crippen LogP contribution >= 0.6 is 27.5 Å². The number of aromatic nitrogens is 1. The van der Waals surface area contributed by atoms with Crippen molar-refractivity contribution < 1.29 is 5.11 Å². The lowest BCUT2D eigenvalue weighted by molar-refractivity contribution is 0.222. The molecule has 4 heteroatoms. The summed E-state index contributed by atoms with van der Waals surface area (Å²) < 4.78 is 0.887. The lowest BCUT2D eigenvalue weighted by Gasteiger charge is -2.15. The monoisotopic (exact) mass is 347 g/mol. The molecule has 3 rings (SSSR count). The van der Waals surface area contributed by atoms with Crippen LogP contribution in [-0.2, 0) is 0 Å². The Hall–Kier alpha value is -1.42. The van der Waals surface area contributed by atoms with E-state index in [9.17, 15) is 5.11 Å². The van der Waals surface area contributed by atoms with E-state index in [0.717, 1.165) is 20.9 Å². The molecule has 20 heavy (non-hydrogen) atoms. The van der Waals surface area contributed by atoms with Crippen molar-refractivity contribution in [3.63, 3.8) is 0 Å². The minimum absolute atomic E-state index is 0.535. The summed E-state index contributed by atoms with van der Waals surface area (Å²) >= 11 is 9.59. The van der Waals surface area contributed by atoms with E-state index in [1.54, 1.807) is 12.3 Å². The van der Waals surface area contributed by atoms with Gasteiger partial charge in [-0.25, -0.2) is 0 Å². The molecule has 0 saturated heterocycles. The molecule has 0 saturated carbocycles. The third-order valence-electron chi connectivity index (χ3n) is 3.23. The van der Waals surface area contributed by atoms with Crippen LogP contribution in [0.5, 0.6) is 0 Å². The number of benzene rings is 2. The molecule has 0 spiro atoms. The highest BCUT2D eigenvalue weighted by molar-refractivity contribution is 9.10. The number of pyridine rings is 1. The smallest absolute Gasteiger partial charge is 0.106 e. The molecule has 3 aromatic rings. The number of aliphatic hydroxyl groups excluding tert-OH is 1. The Labute approximate surface area is 130 Å². The average molecular weight is 349 g/mol. The summed E-state index contributed by atoms with van der Waals surface area (Å²) in [6.07, 6.45) is 0.967. The zero-order chi connectivity index (χ0) is 14.1. The van der Waals surface area contributed by atoms with Gasteiger partial charge in [-0.1, -0.05) is 51.8 Å². The summed E-state index contributed by atoms with van der Waals surface area (Å²) in [5, 5.41) is 12.1. The van der Waals surface area contributed by atoms with Crippen LogP contribution in [0.2, 0.25) is 5.02 Å². The van der Waals surface area contributed by atoms with E-state index in [0.29, 0.717) is 10.6 Å². The Morgan fingerprint density at radius 3 is 2.70 bits per heavy atom. The van der Waals surface area contributed by atoms with Gasteiger partial charge in [-0.2, -0.15) is 0 Å². The maximum atomic E-state index is 10.6. The largest absolute Gasteiger partial charge is 0.384 e. The Morgan fingerprint density at radius 1 is 1.05 bits per heavy atom. The van der Waals surface area contributed by atoms with E-state index in [-0.39, 0.29) is 0 Å². The molecule has 1 atom stereocenters. The number of halogens is 2. The molecule has 0 aliphatic heterocycles. The number of fused-ring (bicyclic) bond motifs is 1. The maximum absolute atomic E-state index is 10.6. The highest BCUT2D eigenvalue weighted by Gasteiger charge is 2.16. The molecule has 0 aliphatic carbocycles. The van der Waals surface area contributed by atoms with Crippen LogP contribution in [0.3, 0.4) is 0 Å². The van der Waals surface area contributed by atoms with E-state index in [4.69, 9.17) is 11.6 Å². The molecule has 0 radical (unpaired) electrons. The molecule has 1 N–H and O–H groups in total. The first-order valence-electron chi connectivity index (χ1n) is 6.13. The van der Waals surface area contributed by atoms with Gasteiger partial charge in [-0.3, -0.25) is 4.98 Å². The number of rotatable bonds is 2. The van der Waals surface area contributed by atoms with Crippen molar-refractivity contribution in [2.24, 2.45) is 0 Å². The van der Waals surface area contributed by atoms with Gasteiger partial charge >= 0.3 is 0 Å². The lowest BCUT2D eigenvalue weighted by Crippen LogP contribution is -2.01. The van der Waals surface area contributed by atoms with Crippen molar-refractivity contribution in [1.82, 2.24) is 4.98 Å². The zero-order valence-electron chi connectivity index (χ0n) is 10.4. The molecule has 0 fully saturated rings. The molecule has 0 amide bonds. The molecule has 0 aliphatic rings. The summed E-state index contributed by atoms with van der Waals surface area (Å²) in [6.45, 7) is 0. The quantitative estimate of drug-likeness (QED) is 0.726. The normalized spacial score (nSPS) is 12.6.